The van der Waals surface area contributed by atoms with Crippen molar-refractivity contribution in [1.82, 2.24) is 4.31 Å². The summed E-state index contributed by atoms with van der Waals surface area (Å²) in [4.78, 5) is 10.9. The third-order valence-corrected chi connectivity index (χ3v) is 5.63. The second-order valence-corrected chi connectivity index (χ2v) is 7.27. The molecule has 116 valence electrons. The number of methoxy groups -OCH3 is 1. The fourth-order valence-electron chi connectivity index (χ4n) is 2.37. The van der Waals surface area contributed by atoms with E-state index in [4.69, 9.17) is 21.4 Å². The Bertz CT molecular complexity index is 646. The summed E-state index contributed by atoms with van der Waals surface area (Å²) in [7, 11) is -2.07. The minimum Gasteiger partial charge on any atom is -0.478 e. The maximum absolute atomic E-state index is 12.5. The lowest BCUT2D eigenvalue weighted by molar-refractivity contribution is 0.0697. The summed E-state index contributed by atoms with van der Waals surface area (Å²) in [5.74, 6) is -1.01. The Morgan fingerprint density at radius 3 is 2.81 bits per heavy atom. The van der Waals surface area contributed by atoms with Crippen LogP contribution in [0.5, 0.6) is 0 Å². The van der Waals surface area contributed by atoms with Gasteiger partial charge in [-0.2, -0.15) is 4.31 Å². The van der Waals surface area contributed by atoms with E-state index in [0.717, 1.165) is 6.42 Å². The molecule has 6 nitrogen and oxygen atoms in total. The summed E-state index contributed by atoms with van der Waals surface area (Å²) in [6.07, 6.45) is 0.744. The number of hydrogen-bond donors (Lipinski definition) is 1. The van der Waals surface area contributed by atoms with E-state index in [2.05, 4.69) is 0 Å². The summed E-state index contributed by atoms with van der Waals surface area (Å²) in [5.41, 5.74) is -0.116. The van der Waals surface area contributed by atoms with Crippen molar-refractivity contribution in [3.63, 3.8) is 0 Å². The first-order valence-corrected chi connectivity index (χ1v) is 8.20. The molecule has 1 N–H and O–H groups in total. The lowest BCUT2D eigenvalue weighted by Gasteiger charge is -2.17. The van der Waals surface area contributed by atoms with Gasteiger partial charge in [-0.15, -0.1) is 0 Å². The maximum atomic E-state index is 12.5. The first kappa shape index (κ1) is 16.2. The first-order chi connectivity index (χ1) is 9.86. The first-order valence-electron chi connectivity index (χ1n) is 6.38. The van der Waals surface area contributed by atoms with E-state index < -0.39 is 16.0 Å². The summed E-state index contributed by atoms with van der Waals surface area (Å²) in [6.45, 7) is 1.34. The van der Waals surface area contributed by atoms with Crippen LogP contribution < -0.4 is 0 Å². The molecule has 1 aliphatic heterocycles. The third-order valence-electron chi connectivity index (χ3n) is 3.46. The molecule has 1 saturated heterocycles. The molecule has 1 unspecified atom stereocenters. The number of halogens is 1. The molecule has 1 atom stereocenters. The van der Waals surface area contributed by atoms with E-state index in [1.54, 1.807) is 7.11 Å². The molecular formula is C13H16ClNO5S. The molecule has 0 spiro atoms. The number of nitrogens with zero attached hydrogens (tertiary/aromatic N) is 1. The molecule has 21 heavy (non-hydrogen) atoms. The summed E-state index contributed by atoms with van der Waals surface area (Å²) >= 11 is 5.83. The van der Waals surface area contributed by atoms with Crippen molar-refractivity contribution in [2.24, 2.45) is 5.92 Å². The summed E-state index contributed by atoms with van der Waals surface area (Å²) < 4.78 is 31.4. The van der Waals surface area contributed by atoms with Crippen molar-refractivity contribution in [3.05, 3.63) is 28.8 Å². The van der Waals surface area contributed by atoms with Crippen LogP contribution in [0, 0.1) is 5.92 Å². The van der Waals surface area contributed by atoms with Crippen LogP contribution in [0.15, 0.2) is 23.1 Å². The van der Waals surface area contributed by atoms with Crippen molar-refractivity contribution < 1.29 is 23.1 Å². The Labute approximate surface area is 128 Å². The van der Waals surface area contributed by atoms with Crippen molar-refractivity contribution in [2.75, 3.05) is 26.8 Å². The van der Waals surface area contributed by atoms with Gasteiger partial charge in [0, 0.05) is 20.2 Å². The molecule has 1 heterocycles. The van der Waals surface area contributed by atoms with Gasteiger partial charge >= 0.3 is 5.97 Å². The van der Waals surface area contributed by atoms with Gasteiger partial charge < -0.3 is 9.84 Å². The van der Waals surface area contributed by atoms with Crippen LogP contribution in [0.25, 0.3) is 0 Å². The molecule has 0 bridgehead atoms. The zero-order chi connectivity index (χ0) is 15.6. The molecule has 2 rings (SSSR count). The van der Waals surface area contributed by atoms with E-state index in [1.807, 2.05) is 0 Å². The number of carbonyl (C=O) groups is 1. The van der Waals surface area contributed by atoms with E-state index in [1.165, 1.54) is 22.5 Å². The van der Waals surface area contributed by atoms with Crippen molar-refractivity contribution >= 4 is 27.6 Å². The highest BCUT2D eigenvalue weighted by molar-refractivity contribution is 7.89. The van der Waals surface area contributed by atoms with E-state index in [-0.39, 0.29) is 21.4 Å². The maximum Gasteiger partial charge on any atom is 0.337 e. The Morgan fingerprint density at radius 2 is 2.24 bits per heavy atom. The molecule has 0 aromatic heterocycles. The van der Waals surface area contributed by atoms with Crippen molar-refractivity contribution in [3.8, 4) is 0 Å². The van der Waals surface area contributed by atoms with Crippen molar-refractivity contribution in [1.29, 1.82) is 0 Å². The number of carboxylic acid groups (broad SMARTS) is 1. The Morgan fingerprint density at radius 1 is 1.52 bits per heavy atom. The molecule has 1 fully saturated rings. The van der Waals surface area contributed by atoms with Gasteiger partial charge in [0.1, 0.15) is 0 Å². The Balaban J connectivity index is 2.24. The van der Waals surface area contributed by atoms with E-state index >= 15 is 0 Å². The van der Waals surface area contributed by atoms with Gasteiger partial charge in [-0.05, 0) is 30.5 Å². The predicted octanol–water partition coefficient (Wildman–Crippen LogP) is 1.70. The average Bonchev–Trinajstić information content (AvgIpc) is 2.88. The number of aromatic carboxylic acids is 1. The second kappa shape index (κ2) is 6.31. The number of benzene rings is 1. The zero-order valence-corrected chi connectivity index (χ0v) is 13.0. The molecule has 0 amide bonds. The molecular weight excluding hydrogens is 318 g/mol. The van der Waals surface area contributed by atoms with Crippen LogP contribution in [0.4, 0.5) is 0 Å². The van der Waals surface area contributed by atoms with E-state index in [0.29, 0.717) is 19.7 Å². The van der Waals surface area contributed by atoms with Crippen LogP contribution >= 0.6 is 11.6 Å². The topological polar surface area (TPSA) is 83.9 Å². The number of sulfonamides is 1. The molecule has 0 saturated carbocycles. The third kappa shape index (κ3) is 3.37. The van der Waals surface area contributed by atoms with Crippen molar-refractivity contribution in [2.45, 2.75) is 11.3 Å². The van der Waals surface area contributed by atoms with Gasteiger partial charge in [0.05, 0.1) is 22.1 Å². The fourth-order valence-corrected chi connectivity index (χ4v) is 4.25. The van der Waals surface area contributed by atoms with Gasteiger partial charge in [0.25, 0.3) is 0 Å². The number of hydrogen-bond acceptors (Lipinski definition) is 4. The van der Waals surface area contributed by atoms with Gasteiger partial charge in [0.15, 0.2) is 0 Å². The second-order valence-electron chi connectivity index (χ2n) is 4.92. The fraction of sp³-hybridized carbons (Fsp3) is 0.462. The average molecular weight is 334 g/mol. The quantitative estimate of drug-likeness (QED) is 0.886. The number of ether oxygens (including phenoxy) is 1. The molecule has 1 aromatic carbocycles. The minimum atomic E-state index is -3.65. The van der Waals surface area contributed by atoms with Gasteiger partial charge in [-0.1, -0.05) is 11.6 Å². The number of carboxylic acids is 1. The Hall–Kier alpha value is -1.15. The normalized spacial score (nSPS) is 19.8. The highest BCUT2D eigenvalue weighted by Gasteiger charge is 2.32. The smallest absolute Gasteiger partial charge is 0.337 e. The van der Waals surface area contributed by atoms with E-state index in [9.17, 15) is 13.2 Å². The number of rotatable bonds is 5. The van der Waals surface area contributed by atoms with Gasteiger partial charge in [-0.3, -0.25) is 0 Å². The van der Waals surface area contributed by atoms with Gasteiger partial charge in [-0.25, -0.2) is 13.2 Å². The largest absolute Gasteiger partial charge is 0.478 e. The molecule has 0 radical (unpaired) electrons. The van der Waals surface area contributed by atoms with Crippen LogP contribution in [0.1, 0.15) is 16.8 Å². The molecule has 1 aliphatic rings. The SMILES string of the molecule is COCC1CCN(S(=O)(=O)c2ccc(C(=O)O)c(Cl)c2)C1. The highest BCUT2D eigenvalue weighted by atomic mass is 35.5. The summed E-state index contributed by atoms with van der Waals surface area (Å²) in [5, 5.41) is 8.82. The molecule has 1 aromatic rings. The lowest BCUT2D eigenvalue weighted by Crippen LogP contribution is -2.29. The summed E-state index contributed by atoms with van der Waals surface area (Å²) in [6, 6.07) is 3.67. The molecule has 8 heteroatoms. The minimum absolute atomic E-state index is 0.00978. The van der Waals surface area contributed by atoms with Crippen LogP contribution in [0.3, 0.4) is 0 Å². The monoisotopic (exact) mass is 333 g/mol. The Kier molecular flexibility index (Phi) is 4.88. The zero-order valence-electron chi connectivity index (χ0n) is 11.5. The van der Waals surface area contributed by atoms with Crippen LogP contribution in [0.2, 0.25) is 5.02 Å². The standard InChI is InChI=1S/C13H16ClNO5S/c1-20-8-9-4-5-15(7-9)21(18,19)10-2-3-11(13(16)17)12(14)6-10/h2-3,6,9H,4-5,7-8H2,1H3,(H,16,17). The van der Waals surface area contributed by atoms with Crippen LogP contribution in [-0.4, -0.2) is 50.6 Å². The predicted molar refractivity (Wildman–Crippen MR) is 77.2 cm³/mol. The van der Waals surface area contributed by atoms with Gasteiger partial charge in [0.2, 0.25) is 10.0 Å². The molecule has 0 aliphatic carbocycles. The highest BCUT2D eigenvalue weighted by Crippen LogP contribution is 2.27. The van der Waals surface area contributed by atoms with Crippen LogP contribution in [-0.2, 0) is 14.8 Å². The lowest BCUT2D eigenvalue weighted by atomic mass is 10.1.